The fraction of sp³-hybridized carbons (Fsp3) is 0.524. The Morgan fingerprint density at radius 3 is 2.81 bits per heavy atom. The van der Waals surface area contributed by atoms with Crippen molar-refractivity contribution in [1.29, 1.82) is 0 Å². The lowest BCUT2D eigenvalue weighted by Gasteiger charge is -2.36. The van der Waals surface area contributed by atoms with Crippen LogP contribution < -0.4 is 15.0 Å². The maximum Gasteiger partial charge on any atom is 0.387 e. The second-order valence-corrected chi connectivity index (χ2v) is 9.52. The van der Waals surface area contributed by atoms with Crippen LogP contribution in [0.25, 0.3) is 0 Å². The van der Waals surface area contributed by atoms with Crippen molar-refractivity contribution in [1.82, 2.24) is 9.78 Å². The number of hydrogen-bond donors (Lipinski definition) is 1. The minimum Gasteiger partial charge on any atom is -0.493 e. The van der Waals surface area contributed by atoms with Crippen LogP contribution in [0, 0.1) is 0 Å². The van der Waals surface area contributed by atoms with Crippen molar-refractivity contribution in [3.63, 3.8) is 0 Å². The summed E-state index contributed by atoms with van der Waals surface area (Å²) >= 11 is 1.44. The van der Waals surface area contributed by atoms with Gasteiger partial charge in [-0.25, -0.2) is 4.99 Å². The molecule has 1 fully saturated rings. The minimum absolute atomic E-state index is 0.0522. The maximum atomic E-state index is 13.0. The second kappa shape index (κ2) is 8.31. The highest BCUT2D eigenvalue weighted by molar-refractivity contribution is 8.14. The van der Waals surface area contributed by atoms with E-state index in [1.165, 1.54) is 24.9 Å². The first kappa shape index (κ1) is 21.9. The first-order chi connectivity index (χ1) is 14.7. The number of benzene rings is 1. The number of halogens is 2. The van der Waals surface area contributed by atoms with Gasteiger partial charge in [-0.2, -0.15) is 8.78 Å². The highest BCUT2D eigenvalue weighted by atomic mass is 32.2. The SMILES string of the molecule is COc1cc([C@@H]2SC(C)=Nc3c2c(=O)[nH]n3[C@H]2CCOC(C)(C)C2)ccc1OC(F)F. The number of nitrogens with one attached hydrogen (secondary N) is 1. The number of hydrogen-bond acceptors (Lipinski definition) is 6. The molecule has 168 valence electrons. The van der Waals surface area contributed by atoms with Gasteiger partial charge in [-0.05, 0) is 51.3 Å². The number of alkyl halides is 2. The Labute approximate surface area is 182 Å². The number of thioether (sulfide) groups is 1. The quantitative estimate of drug-likeness (QED) is 0.704. The molecule has 0 bridgehead atoms. The zero-order valence-corrected chi connectivity index (χ0v) is 18.6. The van der Waals surface area contributed by atoms with Gasteiger partial charge in [0, 0.05) is 6.61 Å². The van der Waals surface area contributed by atoms with Crippen LogP contribution in [-0.2, 0) is 4.74 Å². The van der Waals surface area contributed by atoms with Crippen LogP contribution in [0.5, 0.6) is 11.5 Å². The molecular weight excluding hydrogens is 428 g/mol. The van der Waals surface area contributed by atoms with Crippen molar-refractivity contribution in [3.05, 3.63) is 39.7 Å². The molecule has 10 heteroatoms. The molecule has 0 spiro atoms. The van der Waals surface area contributed by atoms with Gasteiger partial charge in [0.25, 0.3) is 5.56 Å². The summed E-state index contributed by atoms with van der Waals surface area (Å²) in [6.07, 6.45) is 1.53. The van der Waals surface area contributed by atoms with Crippen molar-refractivity contribution >= 4 is 22.6 Å². The van der Waals surface area contributed by atoms with Crippen LogP contribution >= 0.6 is 11.8 Å². The molecule has 3 heterocycles. The third-order valence-corrected chi connectivity index (χ3v) is 6.67. The number of ether oxygens (including phenoxy) is 3. The molecule has 0 radical (unpaired) electrons. The number of aromatic amines is 1. The van der Waals surface area contributed by atoms with Crippen LogP contribution in [-0.4, -0.2) is 40.8 Å². The monoisotopic (exact) mass is 453 g/mol. The standard InChI is InChI=1S/C21H25F2N3O4S/c1-11-24-18-16(19(27)25-26(18)13-7-8-29-21(2,3)10-13)17(31-11)12-5-6-14(30-20(22)23)15(9-12)28-4/h5-6,9,13,17,20H,7-8,10H2,1-4H3,(H,25,27)/t13-,17-/m0/s1. The fourth-order valence-electron chi connectivity index (χ4n) is 4.17. The fourth-order valence-corrected chi connectivity index (χ4v) is 5.26. The highest BCUT2D eigenvalue weighted by Gasteiger charge is 2.36. The molecule has 0 saturated carbocycles. The summed E-state index contributed by atoms with van der Waals surface area (Å²) in [6, 6.07) is 4.81. The molecule has 2 aliphatic rings. The van der Waals surface area contributed by atoms with Gasteiger partial charge in [-0.1, -0.05) is 17.8 Å². The van der Waals surface area contributed by atoms with E-state index in [0.29, 0.717) is 18.0 Å². The van der Waals surface area contributed by atoms with Gasteiger partial charge in [0.2, 0.25) is 0 Å². The Bertz CT molecular complexity index is 1060. The summed E-state index contributed by atoms with van der Waals surface area (Å²) in [5, 5.41) is 3.44. The van der Waals surface area contributed by atoms with Crippen LogP contribution in [0.2, 0.25) is 0 Å². The largest absolute Gasteiger partial charge is 0.493 e. The Kier molecular flexibility index (Phi) is 5.87. The van der Waals surface area contributed by atoms with Crippen molar-refractivity contribution in [2.45, 2.75) is 57.1 Å². The van der Waals surface area contributed by atoms with Crippen LogP contribution in [0.1, 0.15) is 56.0 Å². The lowest BCUT2D eigenvalue weighted by molar-refractivity contribution is -0.0705. The zero-order chi connectivity index (χ0) is 22.3. The average molecular weight is 454 g/mol. The molecule has 31 heavy (non-hydrogen) atoms. The molecule has 2 aliphatic heterocycles. The van der Waals surface area contributed by atoms with Gasteiger partial charge in [-0.15, -0.1) is 0 Å². The minimum atomic E-state index is -2.95. The molecule has 1 N–H and O–H groups in total. The molecule has 1 aromatic carbocycles. The van der Waals surface area contributed by atoms with E-state index in [2.05, 4.69) is 14.8 Å². The summed E-state index contributed by atoms with van der Waals surface area (Å²) in [5.74, 6) is 0.742. The van der Waals surface area contributed by atoms with E-state index in [9.17, 15) is 13.6 Å². The Morgan fingerprint density at radius 2 is 2.13 bits per heavy atom. The molecule has 4 rings (SSSR count). The number of H-pyrrole nitrogens is 1. The van der Waals surface area contributed by atoms with E-state index < -0.39 is 6.61 Å². The van der Waals surface area contributed by atoms with E-state index in [-0.39, 0.29) is 34.0 Å². The molecular formula is C21H25F2N3O4S. The number of rotatable bonds is 5. The first-order valence-electron chi connectivity index (χ1n) is 10.0. The van der Waals surface area contributed by atoms with Crippen molar-refractivity contribution in [3.8, 4) is 11.5 Å². The third-order valence-electron chi connectivity index (χ3n) is 5.49. The number of methoxy groups -OCH3 is 1. The second-order valence-electron chi connectivity index (χ2n) is 8.22. The molecule has 0 unspecified atom stereocenters. The molecule has 7 nitrogen and oxygen atoms in total. The number of aromatic nitrogens is 2. The van der Waals surface area contributed by atoms with Crippen molar-refractivity contribution in [2.75, 3.05) is 13.7 Å². The smallest absolute Gasteiger partial charge is 0.387 e. The van der Waals surface area contributed by atoms with E-state index >= 15 is 0 Å². The summed E-state index contributed by atoms with van der Waals surface area (Å²) in [5.41, 5.74) is 0.797. The predicted molar refractivity (Wildman–Crippen MR) is 115 cm³/mol. The van der Waals surface area contributed by atoms with Gasteiger partial charge in [0.1, 0.15) is 0 Å². The molecule has 0 aliphatic carbocycles. The van der Waals surface area contributed by atoms with E-state index in [0.717, 1.165) is 23.4 Å². The summed E-state index contributed by atoms with van der Waals surface area (Å²) in [6.45, 7) is 3.62. The number of nitrogens with zero attached hydrogens (tertiary/aromatic N) is 2. The van der Waals surface area contributed by atoms with E-state index in [1.807, 2.05) is 25.5 Å². The van der Waals surface area contributed by atoms with E-state index in [4.69, 9.17) is 9.47 Å². The highest BCUT2D eigenvalue weighted by Crippen LogP contribution is 2.47. The van der Waals surface area contributed by atoms with Crippen molar-refractivity contribution in [2.24, 2.45) is 4.99 Å². The van der Waals surface area contributed by atoms with Crippen LogP contribution in [0.4, 0.5) is 14.6 Å². The molecule has 2 aromatic rings. The summed E-state index contributed by atoms with van der Waals surface area (Å²) in [4.78, 5) is 17.7. The van der Waals surface area contributed by atoms with Crippen LogP contribution in [0.3, 0.4) is 0 Å². The summed E-state index contributed by atoms with van der Waals surface area (Å²) < 4.78 is 42.8. The zero-order valence-electron chi connectivity index (χ0n) is 17.8. The van der Waals surface area contributed by atoms with Crippen LogP contribution in [0.15, 0.2) is 28.0 Å². The number of aliphatic imine (C=N–C) groups is 1. The Hall–Kier alpha value is -2.33. The van der Waals surface area contributed by atoms with Gasteiger partial charge < -0.3 is 14.2 Å². The summed E-state index contributed by atoms with van der Waals surface area (Å²) in [7, 11) is 1.39. The topological polar surface area (TPSA) is 77.8 Å². The van der Waals surface area contributed by atoms with E-state index in [1.54, 1.807) is 12.1 Å². The lowest BCUT2D eigenvalue weighted by atomic mass is 9.94. The number of fused-ring (bicyclic) bond motifs is 1. The van der Waals surface area contributed by atoms with Gasteiger partial charge in [0.05, 0.1) is 34.6 Å². The predicted octanol–water partition coefficient (Wildman–Crippen LogP) is 4.80. The average Bonchev–Trinajstić information content (AvgIpc) is 3.03. The molecule has 1 saturated heterocycles. The molecule has 1 aromatic heterocycles. The van der Waals surface area contributed by atoms with Gasteiger partial charge in [-0.3, -0.25) is 14.6 Å². The van der Waals surface area contributed by atoms with Crippen molar-refractivity contribution < 1.29 is 23.0 Å². The lowest BCUT2D eigenvalue weighted by Crippen LogP contribution is -2.35. The molecule has 2 atom stereocenters. The first-order valence-corrected chi connectivity index (χ1v) is 10.9. The molecule has 0 amide bonds. The third kappa shape index (κ3) is 4.36. The Balaban J connectivity index is 1.75. The maximum absolute atomic E-state index is 13.0. The Morgan fingerprint density at radius 1 is 1.35 bits per heavy atom. The van der Waals surface area contributed by atoms with Gasteiger partial charge >= 0.3 is 6.61 Å². The normalized spacial score (nSPS) is 22.7. The van der Waals surface area contributed by atoms with Gasteiger partial charge in [0.15, 0.2) is 17.3 Å².